The minimum absolute atomic E-state index is 0.102. The molecule has 162 valence electrons. The Bertz CT molecular complexity index is 1060. The van der Waals surface area contributed by atoms with Crippen LogP contribution in [0.3, 0.4) is 0 Å². The molecule has 1 heterocycles. The molecular weight excluding hydrogens is 412 g/mol. The predicted molar refractivity (Wildman–Crippen MR) is 108 cm³/mol. The Labute approximate surface area is 176 Å². The van der Waals surface area contributed by atoms with Gasteiger partial charge in [0.25, 0.3) is 0 Å². The topological polar surface area (TPSA) is 57.4 Å². The number of hydrogen-bond acceptors (Lipinski definition) is 4. The van der Waals surface area contributed by atoms with Gasteiger partial charge in [0.05, 0.1) is 0 Å². The number of nitrogen functional groups attached to an aromatic ring is 1. The molecule has 8 heteroatoms. The van der Waals surface area contributed by atoms with Crippen molar-refractivity contribution in [3.8, 4) is 22.6 Å². The van der Waals surface area contributed by atoms with Gasteiger partial charge in [-0.05, 0) is 48.6 Å². The highest BCUT2D eigenvalue weighted by atomic mass is 19.4. The minimum atomic E-state index is -4.79. The van der Waals surface area contributed by atoms with Crippen LogP contribution in [0.1, 0.15) is 36.3 Å². The third-order valence-electron chi connectivity index (χ3n) is 5.29. The zero-order valence-electron chi connectivity index (χ0n) is 16.5. The molecule has 1 fully saturated rings. The Hall–Kier alpha value is -3.29. The average molecular weight is 432 g/mol. The van der Waals surface area contributed by atoms with E-state index in [0.29, 0.717) is 22.5 Å². The van der Waals surface area contributed by atoms with Crippen molar-refractivity contribution in [2.24, 2.45) is 0 Å². The summed E-state index contributed by atoms with van der Waals surface area (Å²) < 4.78 is 62.7. The van der Waals surface area contributed by atoms with E-state index >= 15 is 4.39 Å². The molecule has 1 saturated carbocycles. The van der Waals surface area contributed by atoms with E-state index in [1.165, 1.54) is 24.4 Å². The summed E-state index contributed by atoms with van der Waals surface area (Å²) in [5.74, 6) is -0.245. The van der Waals surface area contributed by atoms with Crippen molar-refractivity contribution in [1.29, 1.82) is 0 Å². The molecule has 3 aromatic rings. The highest BCUT2D eigenvalue weighted by molar-refractivity contribution is 5.67. The summed E-state index contributed by atoms with van der Waals surface area (Å²) in [4.78, 5) is 4.01. The lowest BCUT2D eigenvalue weighted by Gasteiger charge is -2.28. The molecule has 4 rings (SSSR count). The lowest BCUT2D eigenvalue weighted by molar-refractivity contribution is -0.274. The van der Waals surface area contributed by atoms with Gasteiger partial charge in [-0.25, -0.2) is 9.37 Å². The van der Waals surface area contributed by atoms with Gasteiger partial charge >= 0.3 is 6.36 Å². The summed E-state index contributed by atoms with van der Waals surface area (Å²) in [6, 6.07) is 12.2. The van der Waals surface area contributed by atoms with Crippen LogP contribution in [0.5, 0.6) is 11.5 Å². The minimum Gasteiger partial charge on any atom is -0.486 e. The summed E-state index contributed by atoms with van der Waals surface area (Å²) in [6.07, 6.45) is -0.365. The summed E-state index contributed by atoms with van der Waals surface area (Å²) >= 11 is 0. The van der Waals surface area contributed by atoms with Gasteiger partial charge < -0.3 is 15.2 Å². The summed E-state index contributed by atoms with van der Waals surface area (Å²) in [5, 5.41) is 0. The molecule has 0 radical (unpaired) electrons. The number of alkyl halides is 3. The summed E-state index contributed by atoms with van der Waals surface area (Å²) in [5.41, 5.74) is 7.68. The van der Waals surface area contributed by atoms with Crippen LogP contribution in [0.4, 0.5) is 23.4 Å². The number of ether oxygens (including phenoxy) is 2. The van der Waals surface area contributed by atoms with Crippen LogP contribution in [-0.2, 0) is 6.61 Å². The number of pyridine rings is 1. The Morgan fingerprint density at radius 2 is 1.87 bits per heavy atom. The molecule has 4 nitrogen and oxygen atoms in total. The van der Waals surface area contributed by atoms with Gasteiger partial charge in [-0.2, -0.15) is 0 Å². The van der Waals surface area contributed by atoms with Crippen molar-refractivity contribution < 1.29 is 27.0 Å². The van der Waals surface area contributed by atoms with Crippen molar-refractivity contribution in [2.45, 2.75) is 38.1 Å². The monoisotopic (exact) mass is 432 g/mol. The quantitative estimate of drug-likeness (QED) is 0.470. The zero-order valence-corrected chi connectivity index (χ0v) is 16.5. The fraction of sp³-hybridized carbons (Fsp3) is 0.261. The standard InChI is InChI=1S/C23H20F4N2O2/c24-21-18(16-7-10-20(28)29-12-16)8-9-19(15-4-2-5-15)22(21)30-13-14-3-1-6-17(11-14)31-23(25,26)27/h1,3,6-12,15H,2,4-5,13H2,(H2,28,29). The Morgan fingerprint density at radius 3 is 2.52 bits per heavy atom. The highest BCUT2D eigenvalue weighted by Crippen LogP contribution is 2.44. The SMILES string of the molecule is Nc1ccc(-c2ccc(C3CCC3)c(OCc3cccc(OC(F)(F)F)c3)c2F)cn1. The second-order valence-corrected chi connectivity index (χ2v) is 7.43. The number of nitrogens with zero attached hydrogens (tertiary/aromatic N) is 1. The molecule has 0 bridgehead atoms. The normalized spacial score (nSPS) is 14.2. The van der Waals surface area contributed by atoms with Crippen molar-refractivity contribution in [1.82, 2.24) is 4.98 Å². The van der Waals surface area contributed by atoms with Crippen molar-refractivity contribution in [2.75, 3.05) is 5.73 Å². The zero-order chi connectivity index (χ0) is 22.0. The van der Waals surface area contributed by atoms with Crippen LogP contribution in [0.2, 0.25) is 0 Å². The van der Waals surface area contributed by atoms with E-state index < -0.39 is 12.2 Å². The first-order valence-corrected chi connectivity index (χ1v) is 9.82. The van der Waals surface area contributed by atoms with Crippen LogP contribution in [0.25, 0.3) is 11.1 Å². The second-order valence-electron chi connectivity index (χ2n) is 7.43. The molecule has 0 unspecified atom stereocenters. The third-order valence-corrected chi connectivity index (χ3v) is 5.29. The molecule has 2 N–H and O–H groups in total. The van der Waals surface area contributed by atoms with E-state index in [2.05, 4.69) is 9.72 Å². The Morgan fingerprint density at radius 1 is 1.06 bits per heavy atom. The van der Waals surface area contributed by atoms with E-state index in [0.717, 1.165) is 24.8 Å². The largest absolute Gasteiger partial charge is 0.573 e. The fourth-order valence-corrected chi connectivity index (χ4v) is 3.53. The molecule has 0 amide bonds. The molecule has 0 aliphatic heterocycles. The second kappa shape index (κ2) is 8.45. The first kappa shape index (κ1) is 21.0. The first-order chi connectivity index (χ1) is 14.8. The molecule has 1 aliphatic rings. The maximum Gasteiger partial charge on any atom is 0.573 e. The van der Waals surface area contributed by atoms with Crippen molar-refractivity contribution >= 4 is 5.82 Å². The van der Waals surface area contributed by atoms with Crippen LogP contribution in [0.15, 0.2) is 54.7 Å². The van der Waals surface area contributed by atoms with Gasteiger partial charge in [0.1, 0.15) is 18.2 Å². The van der Waals surface area contributed by atoms with Crippen molar-refractivity contribution in [3.63, 3.8) is 0 Å². The molecular formula is C23H20F4N2O2. The number of hydrogen-bond donors (Lipinski definition) is 1. The fourth-order valence-electron chi connectivity index (χ4n) is 3.53. The number of aromatic nitrogens is 1. The molecule has 2 aromatic carbocycles. The van der Waals surface area contributed by atoms with Gasteiger partial charge in [0.2, 0.25) is 0 Å². The van der Waals surface area contributed by atoms with Gasteiger partial charge in [-0.1, -0.05) is 30.7 Å². The van der Waals surface area contributed by atoms with Crippen LogP contribution < -0.4 is 15.2 Å². The van der Waals surface area contributed by atoms with E-state index in [1.54, 1.807) is 24.3 Å². The van der Waals surface area contributed by atoms with Gasteiger partial charge in [0.15, 0.2) is 11.6 Å². The number of anilines is 1. The smallest absolute Gasteiger partial charge is 0.486 e. The molecule has 1 aromatic heterocycles. The van der Waals surface area contributed by atoms with Crippen LogP contribution >= 0.6 is 0 Å². The summed E-state index contributed by atoms with van der Waals surface area (Å²) in [6.45, 7) is -0.102. The van der Waals surface area contributed by atoms with Crippen LogP contribution in [0, 0.1) is 5.82 Å². The maximum absolute atomic E-state index is 15.5. The Balaban J connectivity index is 1.62. The Kier molecular flexibility index (Phi) is 5.71. The molecule has 0 spiro atoms. The van der Waals surface area contributed by atoms with E-state index in [9.17, 15) is 13.2 Å². The van der Waals surface area contributed by atoms with E-state index in [-0.39, 0.29) is 24.0 Å². The molecule has 0 saturated heterocycles. The number of nitrogens with two attached hydrogens (primary N) is 1. The average Bonchev–Trinajstić information content (AvgIpc) is 2.66. The highest BCUT2D eigenvalue weighted by Gasteiger charge is 2.31. The van der Waals surface area contributed by atoms with Gasteiger partial charge in [0, 0.05) is 22.9 Å². The third kappa shape index (κ3) is 4.90. The lowest BCUT2D eigenvalue weighted by Crippen LogP contribution is -2.17. The van der Waals surface area contributed by atoms with E-state index in [1.807, 2.05) is 6.07 Å². The van der Waals surface area contributed by atoms with Gasteiger partial charge in [-0.3, -0.25) is 0 Å². The lowest BCUT2D eigenvalue weighted by atomic mass is 9.79. The van der Waals surface area contributed by atoms with E-state index in [4.69, 9.17) is 10.5 Å². The maximum atomic E-state index is 15.5. The molecule has 0 atom stereocenters. The molecule has 1 aliphatic carbocycles. The van der Waals surface area contributed by atoms with Crippen molar-refractivity contribution in [3.05, 3.63) is 71.7 Å². The molecule has 31 heavy (non-hydrogen) atoms. The predicted octanol–water partition coefficient (Wildman–Crippen LogP) is 6.22. The summed E-state index contributed by atoms with van der Waals surface area (Å²) in [7, 11) is 0. The number of benzene rings is 2. The number of rotatable bonds is 6. The first-order valence-electron chi connectivity index (χ1n) is 9.82. The van der Waals surface area contributed by atoms with Gasteiger partial charge in [-0.15, -0.1) is 13.2 Å². The van der Waals surface area contributed by atoms with Crippen LogP contribution in [-0.4, -0.2) is 11.3 Å². The number of halogens is 4.